The van der Waals surface area contributed by atoms with Crippen molar-refractivity contribution in [2.24, 2.45) is 11.3 Å². The zero-order valence-electron chi connectivity index (χ0n) is 22.8. The van der Waals surface area contributed by atoms with Gasteiger partial charge in [0.1, 0.15) is 17.0 Å². The Balaban J connectivity index is 1.60. The minimum Gasteiger partial charge on any atom is -0.393 e. The van der Waals surface area contributed by atoms with Gasteiger partial charge in [-0.3, -0.25) is 9.59 Å². The lowest BCUT2D eigenvalue weighted by Gasteiger charge is -2.37. The molecule has 1 aliphatic carbocycles. The summed E-state index contributed by atoms with van der Waals surface area (Å²) in [6, 6.07) is 5.41. The van der Waals surface area contributed by atoms with Crippen molar-refractivity contribution in [2.45, 2.75) is 82.4 Å². The minimum absolute atomic E-state index is 0.123. The van der Waals surface area contributed by atoms with Crippen molar-refractivity contribution in [1.29, 1.82) is 0 Å². The summed E-state index contributed by atoms with van der Waals surface area (Å²) in [5.74, 6) is -2.48. The van der Waals surface area contributed by atoms with Crippen molar-refractivity contribution >= 4 is 40.7 Å². The van der Waals surface area contributed by atoms with Crippen LogP contribution in [0.2, 0.25) is 10.0 Å². The summed E-state index contributed by atoms with van der Waals surface area (Å²) in [5, 5.41) is 19.0. The van der Waals surface area contributed by atoms with Crippen LogP contribution in [0.15, 0.2) is 30.3 Å². The number of halogens is 4. The molecule has 6 atom stereocenters. The molecule has 0 radical (unpaired) electrons. The summed E-state index contributed by atoms with van der Waals surface area (Å²) < 4.78 is 29.3. The van der Waals surface area contributed by atoms with Crippen molar-refractivity contribution in [3.8, 4) is 0 Å². The maximum absolute atomic E-state index is 15.0. The van der Waals surface area contributed by atoms with E-state index in [4.69, 9.17) is 23.2 Å². The Hall–Kier alpha value is -2.26. The molecule has 4 N–H and O–H groups in total. The number of amides is 2. The van der Waals surface area contributed by atoms with Gasteiger partial charge in [0.05, 0.1) is 22.2 Å². The third-order valence-corrected chi connectivity index (χ3v) is 9.23. The molecule has 0 unspecified atom stereocenters. The molecule has 216 valence electrons. The maximum atomic E-state index is 15.0. The number of carbonyl (C=O) groups is 2. The molecule has 2 fully saturated rings. The minimum atomic E-state index is -1.40. The lowest BCUT2D eigenvalue weighted by atomic mass is 9.62. The molecular weight excluding hydrogens is 559 g/mol. The Morgan fingerprint density at radius 3 is 2.50 bits per heavy atom. The highest BCUT2D eigenvalue weighted by atomic mass is 35.5. The summed E-state index contributed by atoms with van der Waals surface area (Å²) in [6.07, 6.45) is 3.32. The Morgan fingerprint density at radius 2 is 1.85 bits per heavy atom. The second-order valence-electron chi connectivity index (χ2n) is 12.7. The van der Waals surface area contributed by atoms with E-state index in [0.717, 1.165) is 25.7 Å². The van der Waals surface area contributed by atoms with E-state index in [1.54, 1.807) is 0 Å². The third-order valence-electron chi connectivity index (χ3n) is 8.65. The van der Waals surface area contributed by atoms with Crippen LogP contribution >= 0.6 is 23.2 Å². The molecule has 2 heterocycles. The molecule has 2 amide bonds. The van der Waals surface area contributed by atoms with E-state index in [9.17, 15) is 23.5 Å². The normalized spacial score (nSPS) is 29.6. The number of aliphatic hydroxyl groups is 1. The molecule has 2 aromatic carbocycles. The van der Waals surface area contributed by atoms with Gasteiger partial charge >= 0.3 is 0 Å². The average Bonchev–Trinajstić information content (AvgIpc) is 3.51. The quantitative estimate of drug-likeness (QED) is 0.346. The van der Waals surface area contributed by atoms with Gasteiger partial charge in [-0.25, -0.2) is 8.78 Å². The maximum Gasteiger partial charge on any atom is 0.237 e. The number of hydrogen-bond acceptors (Lipinski definition) is 4. The molecule has 5 rings (SSSR count). The molecule has 10 heteroatoms. The molecule has 40 heavy (non-hydrogen) atoms. The summed E-state index contributed by atoms with van der Waals surface area (Å²) in [6.45, 7) is 6.51. The van der Waals surface area contributed by atoms with Gasteiger partial charge in [-0.05, 0) is 78.8 Å². The van der Waals surface area contributed by atoms with Crippen molar-refractivity contribution in [2.75, 3.05) is 11.9 Å². The first-order valence-electron chi connectivity index (χ1n) is 13.8. The van der Waals surface area contributed by atoms with E-state index < -0.39 is 35.1 Å². The highest BCUT2D eigenvalue weighted by molar-refractivity contribution is 6.31. The summed E-state index contributed by atoms with van der Waals surface area (Å²) in [7, 11) is 0. The van der Waals surface area contributed by atoms with Crippen molar-refractivity contribution < 1.29 is 23.5 Å². The smallest absolute Gasteiger partial charge is 0.237 e. The van der Waals surface area contributed by atoms with Gasteiger partial charge in [0.25, 0.3) is 0 Å². The third kappa shape index (κ3) is 5.24. The number of carbonyl (C=O) groups excluding carboxylic acids is 2. The van der Waals surface area contributed by atoms with Crippen LogP contribution in [0, 0.1) is 23.0 Å². The first kappa shape index (κ1) is 29.2. The van der Waals surface area contributed by atoms with Crippen LogP contribution < -0.4 is 16.0 Å². The van der Waals surface area contributed by atoms with E-state index in [0.29, 0.717) is 35.7 Å². The summed E-state index contributed by atoms with van der Waals surface area (Å²) in [5.41, 5.74) is -0.379. The highest BCUT2D eigenvalue weighted by Crippen LogP contribution is 2.57. The van der Waals surface area contributed by atoms with Gasteiger partial charge in [0, 0.05) is 24.2 Å². The monoisotopic (exact) mass is 593 g/mol. The van der Waals surface area contributed by atoms with Crippen molar-refractivity contribution in [3.05, 3.63) is 63.1 Å². The number of benzene rings is 2. The number of aliphatic hydroxyl groups excluding tert-OH is 1. The fourth-order valence-corrected chi connectivity index (χ4v) is 7.31. The Kier molecular flexibility index (Phi) is 7.94. The Bertz CT molecular complexity index is 1330. The molecule has 0 aromatic heterocycles. The van der Waals surface area contributed by atoms with E-state index >= 15 is 0 Å². The molecule has 3 aliphatic rings. The number of fused-ring (bicyclic) bond motifs is 2. The highest BCUT2D eigenvalue weighted by Gasteiger charge is 2.66. The standard InChI is InChI=1S/C30H35Cl2F2N3O3/c1-29(2,3)14-24-30(18-12-22(34)20(32)13-23(18)36-28(30)40)25(16-5-7-21(33)19(31)11-16)26(37-24)27(39)35-9-8-15-4-6-17(38)10-15/h5,7,11-13,15,17,24-26,37-38H,4,6,8-10,14H2,1-3H3,(H,35,39)(H,36,40)/t15-,17+,24+,25-,26+,30-/m0/s1. The van der Waals surface area contributed by atoms with Crippen LogP contribution in [0.1, 0.15) is 69.9 Å². The fourth-order valence-electron chi connectivity index (χ4n) is 6.96. The molecule has 1 saturated heterocycles. The second kappa shape index (κ2) is 10.9. The second-order valence-corrected chi connectivity index (χ2v) is 13.5. The first-order valence-corrected chi connectivity index (χ1v) is 14.5. The largest absolute Gasteiger partial charge is 0.393 e. The zero-order valence-corrected chi connectivity index (χ0v) is 24.3. The van der Waals surface area contributed by atoms with Crippen molar-refractivity contribution in [3.63, 3.8) is 0 Å². The molecule has 2 aromatic rings. The Labute approximate surface area is 243 Å². The van der Waals surface area contributed by atoms with Gasteiger partial charge in [-0.2, -0.15) is 0 Å². The van der Waals surface area contributed by atoms with Gasteiger partial charge < -0.3 is 21.1 Å². The molecule has 1 saturated carbocycles. The van der Waals surface area contributed by atoms with Crippen LogP contribution in [-0.4, -0.2) is 41.7 Å². The van der Waals surface area contributed by atoms with Crippen LogP contribution in [0.25, 0.3) is 0 Å². The van der Waals surface area contributed by atoms with Gasteiger partial charge in [0.2, 0.25) is 11.8 Å². The zero-order chi connectivity index (χ0) is 29.0. The molecule has 2 aliphatic heterocycles. The molecular formula is C30H35Cl2F2N3O3. The SMILES string of the molecule is CC(C)(C)C[C@H]1N[C@@H](C(=O)NCC[C@@H]2CC[C@@H](O)C2)[C@H](c2ccc(F)c(Cl)c2)[C@@]12C(=O)Nc1cc(Cl)c(F)cc12. The number of anilines is 1. The molecule has 1 spiro atoms. The van der Waals surface area contributed by atoms with Gasteiger partial charge in [-0.15, -0.1) is 0 Å². The topological polar surface area (TPSA) is 90.5 Å². The Morgan fingerprint density at radius 1 is 1.12 bits per heavy atom. The fraction of sp³-hybridized carbons (Fsp3) is 0.533. The van der Waals surface area contributed by atoms with E-state index in [-0.39, 0.29) is 33.4 Å². The molecule has 0 bridgehead atoms. The average molecular weight is 595 g/mol. The van der Waals surface area contributed by atoms with E-state index in [1.165, 1.54) is 30.3 Å². The predicted octanol–water partition coefficient (Wildman–Crippen LogP) is 5.69. The van der Waals surface area contributed by atoms with Crippen LogP contribution in [-0.2, 0) is 15.0 Å². The van der Waals surface area contributed by atoms with Crippen LogP contribution in [0.3, 0.4) is 0 Å². The van der Waals surface area contributed by atoms with E-state index in [1.807, 2.05) is 20.8 Å². The molecule has 6 nitrogen and oxygen atoms in total. The lowest BCUT2D eigenvalue weighted by Crippen LogP contribution is -2.49. The van der Waals surface area contributed by atoms with Crippen LogP contribution in [0.4, 0.5) is 14.5 Å². The summed E-state index contributed by atoms with van der Waals surface area (Å²) >= 11 is 12.3. The summed E-state index contributed by atoms with van der Waals surface area (Å²) in [4.78, 5) is 28.0. The van der Waals surface area contributed by atoms with Gasteiger partial charge in [0.15, 0.2) is 0 Å². The number of hydrogen-bond donors (Lipinski definition) is 4. The van der Waals surface area contributed by atoms with Gasteiger partial charge in [-0.1, -0.05) is 50.0 Å². The van der Waals surface area contributed by atoms with Crippen LogP contribution in [0.5, 0.6) is 0 Å². The number of nitrogens with one attached hydrogen (secondary N) is 3. The van der Waals surface area contributed by atoms with E-state index in [2.05, 4.69) is 16.0 Å². The number of rotatable bonds is 6. The predicted molar refractivity (Wildman–Crippen MR) is 152 cm³/mol. The first-order chi connectivity index (χ1) is 18.8. The van der Waals surface area contributed by atoms with Crippen molar-refractivity contribution in [1.82, 2.24) is 10.6 Å². The lowest BCUT2D eigenvalue weighted by molar-refractivity contribution is -0.123.